The molecule has 20 heavy (non-hydrogen) atoms. The number of aryl methyl sites for hydroxylation is 3. The third-order valence-electron chi connectivity index (χ3n) is 3.02. The molecule has 1 aromatic heterocycles. The maximum absolute atomic E-state index is 12.1. The molecule has 0 saturated heterocycles. The minimum atomic E-state index is -1.08. The molecule has 0 atom stereocenters. The number of rotatable bonds is 3. The highest BCUT2D eigenvalue weighted by molar-refractivity contribution is 6.07. The van der Waals surface area contributed by atoms with Crippen LogP contribution in [0.3, 0.4) is 0 Å². The quantitative estimate of drug-likeness (QED) is 0.900. The molecule has 5 heteroatoms. The molecule has 2 N–H and O–H groups in total. The zero-order valence-electron chi connectivity index (χ0n) is 11.5. The lowest BCUT2D eigenvalue weighted by Crippen LogP contribution is -2.16. The minimum Gasteiger partial charge on any atom is -0.478 e. The minimum absolute atomic E-state index is 0.0695. The molecule has 0 saturated carbocycles. The number of aromatic carboxylic acids is 1. The molecular formula is C15H15NO4. The van der Waals surface area contributed by atoms with Gasteiger partial charge in [0.25, 0.3) is 5.91 Å². The highest BCUT2D eigenvalue weighted by atomic mass is 16.4. The number of carboxylic acids is 1. The molecule has 0 unspecified atom stereocenters. The number of carbonyl (C=O) groups excluding carboxylic acids is 1. The fraction of sp³-hybridized carbons (Fsp3) is 0.200. The molecule has 104 valence electrons. The van der Waals surface area contributed by atoms with Gasteiger partial charge < -0.3 is 14.8 Å². The lowest BCUT2D eigenvalue weighted by Gasteiger charge is -2.12. The van der Waals surface area contributed by atoms with E-state index in [1.54, 1.807) is 19.9 Å². The maximum atomic E-state index is 12.1. The summed E-state index contributed by atoms with van der Waals surface area (Å²) >= 11 is 0. The van der Waals surface area contributed by atoms with Crippen LogP contribution in [0, 0.1) is 20.8 Å². The number of nitrogens with one attached hydrogen (secondary N) is 1. The second kappa shape index (κ2) is 5.21. The van der Waals surface area contributed by atoms with Crippen molar-refractivity contribution in [2.45, 2.75) is 20.8 Å². The predicted molar refractivity (Wildman–Crippen MR) is 74.3 cm³/mol. The van der Waals surface area contributed by atoms with Crippen LogP contribution in [0.15, 0.2) is 28.9 Å². The fourth-order valence-corrected chi connectivity index (χ4v) is 2.08. The van der Waals surface area contributed by atoms with Gasteiger partial charge in [0.2, 0.25) is 0 Å². The number of amides is 1. The number of hydrogen-bond acceptors (Lipinski definition) is 3. The lowest BCUT2D eigenvalue weighted by molar-refractivity contribution is 0.0698. The molecular weight excluding hydrogens is 258 g/mol. The van der Waals surface area contributed by atoms with E-state index in [0.717, 1.165) is 5.56 Å². The molecule has 0 bridgehead atoms. The van der Waals surface area contributed by atoms with E-state index >= 15 is 0 Å². The Kier molecular flexibility index (Phi) is 3.61. The summed E-state index contributed by atoms with van der Waals surface area (Å²) in [6, 6.07) is 5.02. The molecule has 0 aliphatic heterocycles. The van der Waals surface area contributed by atoms with Gasteiger partial charge in [-0.05, 0) is 44.0 Å². The molecule has 2 rings (SSSR count). The van der Waals surface area contributed by atoms with Crippen molar-refractivity contribution in [2.24, 2.45) is 0 Å². The Balaban J connectivity index is 2.41. The van der Waals surface area contributed by atoms with Crippen LogP contribution in [0.5, 0.6) is 0 Å². The number of carboxylic acid groups (broad SMARTS) is 1. The fourth-order valence-electron chi connectivity index (χ4n) is 2.08. The summed E-state index contributed by atoms with van der Waals surface area (Å²) < 4.78 is 5.10. The summed E-state index contributed by atoms with van der Waals surface area (Å²) in [6.45, 7) is 5.31. The Morgan fingerprint density at radius 1 is 1.15 bits per heavy atom. The normalized spacial score (nSPS) is 10.3. The van der Waals surface area contributed by atoms with Crippen LogP contribution in [0.2, 0.25) is 0 Å². The summed E-state index contributed by atoms with van der Waals surface area (Å²) in [6.07, 6.45) is 1.42. The molecule has 1 aromatic carbocycles. The van der Waals surface area contributed by atoms with E-state index in [4.69, 9.17) is 4.42 Å². The van der Waals surface area contributed by atoms with Crippen molar-refractivity contribution in [2.75, 3.05) is 5.32 Å². The van der Waals surface area contributed by atoms with Gasteiger partial charge in [0.1, 0.15) is 0 Å². The molecule has 0 aliphatic carbocycles. The van der Waals surface area contributed by atoms with Gasteiger partial charge in [0.05, 0.1) is 17.5 Å². The van der Waals surface area contributed by atoms with Gasteiger partial charge in [-0.15, -0.1) is 0 Å². The van der Waals surface area contributed by atoms with Gasteiger partial charge >= 0.3 is 5.97 Å². The third kappa shape index (κ3) is 2.56. The van der Waals surface area contributed by atoms with Crippen molar-refractivity contribution >= 4 is 17.6 Å². The van der Waals surface area contributed by atoms with Crippen molar-refractivity contribution in [3.05, 3.63) is 52.5 Å². The standard InChI is InChI=1S/C15H15NO4/c1-8-6-10(3)12(11(7-8)15(18)19)16-14(17)13-9(2)4-5-20-13/h4-7H,1-3H3,(H,16,17)(H,18,19). The highest BCUT2D eigenvalue weighted by Crippen LogP contribution is 2.24. The van der Waals surface area contributed by atoms with Crippen LogP contribution in [0.4, 0.5) is 5.69 Å². The van der Waals surface area contributed by atoms with Crippen LogP contribution in [0.1, 0.15) is 37.6 Å². The van der Waals surface area contributed by atoms with Gasteiger partial charge in [0, 0.05) is 5.56 Å². The molecule has 0 aliphatic rings. The molecule has 5 nitrogen and oxygen atoms in total. The number of anilines is 1. The van der Waals surface area contributed by atoms with Crippen molar-refractivity contribution in [3.8, 4) is 0 Å². The SMILES string of the molecule is Cc1cc(C)c(NC(=O)c2occc2C)c(C(=O)O)c1. The maximum Gasteiger partial charge on any atom is 0.337 e. The Labute approximate surface area is 116 Å². The first kappa shape index (κ1) is 13.9. The molecule has 2 aromatic rings. The van der Waals surface area contributed by atoms with E-state index in [1.165, 1.54) is 12.3 Å². The van der Waals surface area contributed by atoms with Gasteiger partial charge in [-0.1, -0.05) is 6.07 Å². The summed E-state index contributed by atoms with van der Waals surface area (Å²) in [5.41, 5.74) is 2.58. The molecule has 1 amide bonds. The first-order chi connectivity index (χ1) is 9.40. The predicted octanol–water partition coefficient (Wildman–Crippen LogP) is 3.16. The summed E-state index contributed by atoms with van der Waals surface area (Å²) in [5, 5.41) is 11.9. The van der Waals surface area contributed by atoms with E-state index in [0.29, 0.717) is 16.8 Å². The highest BCUT2D eigenvalue weighted by Gasteiger charge is 2.19. The van der Waals surface area contributed by atoms with E-state index in [9.17, 15) is 14.7 Å². The van der Waals surface area contributed by atoms with Gasteiger partial charge in [0.15, 0.2) is 5.76 Å². The Morgan fingerprint density at radius 3 is 2.40 bits per heavy atom. The van der Waals surface area contributed by atoms with Crippen LogP contribution < -0.4 is 5.32 Å². The summed E-state index contributed by atoms with van der Waals surface area (Å²) in [4.78, 5) is 23.4. The van der Waals surface area contributed by atoms with E-state index in [2.05, 4.69) is 5.32 Å². The van der Waals surface area contributed by atoms with Crippen molar-refractivity contribution < 1.29 is 19.1 Å². The third-order valence-corrected chi connectivity index (χ3v) is 3.02. The van der Waals surface area contributed by atoms with Gasteiger partial charge in [-0.2, -0.15) is 0 Å². The second-order valence-corrected chi connectivity index (χ2v) is 4.70. The van der Waals surface area contributed by atoms with Gasteiger partial charge in [-0.3, -0.25) is 4.79 Å². The van der Waals surface area contributed by atoms with Crippen molar-refractivity contribution in [1.29, 1.82) is 0 Å². The molecule has 0 fully saturated rings. The summed E-state index contributed by atoms with van der Waals surface area (Å²) in [7, 11) is 0. The average molecular weight is 273 g/mol. The molecule has 0 radical (unpaired) electrons. The monoisotopic (exact) mass is 273 g/mol. The first-order valence-corrected chi connectivity index (χ1v) is 6.10. The largest absolute Gasteiger partial charge is 0.478 e. The number of furan rings is 1. The van der Waals surface area contributed by atoms with Crippen LogP contribution in [-0.4, -0.2) is 17.0 Å². The number of benzene rings is 1. The Hall–Kier alpha value is -2.56. The lowest BCUT2D eigenvalue weighted by atomic mass is 10.0. The second-order valence-electron chi connectivity index (χ2n) is 4.70. The first-order valence-electron chi connectivity index (χ1n) is 6.10. The van der Waals surface area contributed by atoms with Crippen molar-refractivity contribution in [3.63, 3.8) is 0 Å². The Bertz CT molecular complexity index is 685. The van der Waals surface area contributed by atoms with Crippen LogP contribution >= 0.6 is 0 Å². The molecule has 0 spiro atoms. The van der Waals surface area contributed by atoms with E-state index in [-0.39, 0.29) is 11.3 Å². The van der Waals surface area contributed by atoms with Crippen LogP contribution in [-0.2, 0) is 0 Å². The Morgan fingerprint density at radius 2 is 1.85 bits per heavy atom. The zero-order chi connectivity index (χ0) is 14.9. The topological polar surface area (TPSA) is 79.5 Å². The van der Waals surface area contributed by atoms with Crippen molar-refractivity contribution in [1.82, 2.24) is 0 Å². The summed E-state index contributed by atoms with van der Waals surface area (Å²) in [5.74, 6) is -1.36. The zero-order valence-corrected chi connectivity index (χ0v) is 11.5. The average Bonchev–Trinajstić information content (AvgIpc) is 2.78. The number of carbonyl (C=O) groups is 2. The van der Waals surface area contributed by atoms with Gasteiger partial charge in [-0.25, -0.2) is 4.79 Å². The van der Waals surface area contributed by atoms with E-state index < -0.39 is 11.9 Å². The van der Waals surface area contributed by atoms with Crippen LogP contribution in [0.25, 0.3) is 0 Å². The molecule has 1 heterocycles. The van der Waals surface area contributed by atoms with E-state index in [1.807, 2.05) is 13.0 Å². The number of hydrogen-bond donors (Lipinski definition) is 2. The smallest absolute Gasteiger partial charge is 0.337 e.